The Labute approximate surface area is 94.6 Å². The standard InChI is InChI=1S/C13H26O2/c1-6-7-8-10-13(4,5)15-14-11-9-12(2)3/h2,6-11H2,1,3-5H3. The van der Waals surface area contributed by atoms with E-state index in [1.54, 1.807) is 0 Å². The van der Waals surface area contributed by atoms with Crippen molar-refractivity contribution in [2.75, 3.05) is 6.61 Å². The molecule has 0 aliphatic carbocycles. The topological polar surface area (TPSA) is 18.5 Å². The first-order valence-electron chi connectivity index (χ1n) is 5.93. The van der Waals surface area contributed by atoms with Crippen molar-refractivity contribution in [3.05, 3.63) is 12.2 Å². The predicted molar refractivity (Wildman–Crippen MR) is 64.7 cm³/mol. The fraction of sp³-hybridized carbons (Fsp3) is 0.846. The molecule has 0 saturated carbocycles. The van der Waals surface area contributed by atoms with Crippen LogP contribution in [0.2, 0.25) is 0 Å². The van der Waals surface area contributed by atoms with E-state index in [0.29, 0.717) is 6.61 Å². The van der Waals surface area contributed by atoms with Crippen LogP contribution in [0.25, 0.3) is 0 Å². The van der Waals surface area contributed by atoms with Crippen LogP contribution in [0, 0.1) is 0 Å². The molecular weight excluding hydrogens is 188 g/mol. The first-order chi connectivity index (χ1) is 6.98. The Kier molecular flexibility index (Phi) is 7.71. The fourth-order valence-electron chi connectivity index (χ4n) is 1.26. The van der Waals surface area contributed by atoms with Crippen LogP contribution in [0.3, 0.4) is 0 Å². The van der Waals surface area contributed by atoms with Gasteiger partial charge in [0.2, 0.25) is 0 Å². The average Bonchev–Trinajstić information content (AvgIpc) is 2.13. The maximum Gasteiger partial charge on any atom is 0.0980 e. The first-order valence-corrected chi connectivity index (χ1v) is 5.93. The van der Waals surface area contributed by atoms with Crippen molar-refractivity contribution in [1.82, 2.24) is 0 Å². The van der Waals surface area contributed by atoms with Crippen molar-refractivity contribution in [2.24, 2.45) is 0 Å². The van der Waals surface area contributed by atoms with E-state index in [-0.39, 0.29) is 5.60 Å². The second-order valence-corrected chi connectivity index (χ2v) is 4.83. The maximum absolute atomic E-state index is 5.39. The Balaban J connectivity index is 3.50. The molecular formula is C13H26O2. The Morgan fingerprint density at radius 1 is 1.27 bits per heavy atom. The summed E-state index contributed by atoms with van der Waals surface area (Å²) in [7, 11) is 0. The normalized spacial score (nSPS) is 11.7. The Hall–Kier alpha value is -0.340. The highest BCUT2D eigenvalue weighted by atomic mass is 17.2. The summed E-state index contributed by atoms with van der Waals surface area (Å²) in [5.41, 5.74) is 0.965. The summed E-state index contributed by atoms with van der Waals surface area (Å²) in [5.74, 6) is 0. The van der Waals surface area contributed by atoms with Gasteiger partial charge in [-0.05, 0) is 33.6 Å². The van der Waals surface area contributed by atoms with Crippen molar-refractivity contribution < 1.29 is 9.78 Å². The van der Waals surface area contributed by atoms with Gasteiger partial charge in [0.1, 0.15) is 0 Å². The van der Waals surface area contributed by atoms with Gasteiger partial charge in [0, 0.05) is 0 Å². The minimum Gasteiger partial charge on any atom is -0.236 e. The van der Waals surface area contributed by atoms with Gasteiger partial charge in [0.25, 0.3) is 0 Å². The van der Waals surface area contributed by atoms with E-state index in [9.17, 15) is 0 Å². The molecule has 15 heavy (non-hydrogen) atoms. The molecule has 0 atom stereocenters. The summed E-state index contributed by atoms with van der Waals surface area (Å²) in [6.07, 6.45) is 5.62. The third-order valence-corrected chi connectivity index (χ3v) is 2.28. The van der Waals surface area contributed by atoms with Crippen LogP contribution >= 0.6 is 0 Å². The predicted octanol–water partition coefficient (Wildman–Crippen LogP) is 4.26. The number of unbranched alkanes of at least 4 members (excludes halogenated alkanes) is 2. The summed E-state index contributed by atoms with van der Waals surface area (Å²) in [6, 6.07) is 0. The van der Waals surface area contributed by atoms with Crippen molar-refractivity contribution in [3.63, 3.8) is 0 Å². The van der Waals surface area contributed by atoms with Crippen LogP contribution in [0.15, 0.2) is 12.2 Å². The molecule has 0 amide bonds. The summed E-state index contributed by atoms with van der Waals surface area (Å²) in [4.78, 5) is 10.6. The molecule has 0 radical (unpaired) electrons. The molecule has 0 rings (SSSR count). The highest BCUT2D eigenvalue weighted by molar-refractivity contribution is 4.86. The molecule has 0 heterocycles. The van der Waals surface area contributed by atoms with E-state index in [2.05, 4.69) is 27.4 Å². The number of rotatable bonds is 9. The van der Waals surface area contributed by atoms with Gasteiger partial charge in [-0.15, -0.1) is 6.58 Å². The van der Waals surface area contributed by atoms with Crippen molar-refractivity contribution in [3.8, 4) is 0 Å². The molecule has 0 N–H and O–H groups in total. The molecule has 0 fully saturated rings. The molecule has 2 heteroatoms. The van der Waals surface area contributed by atoms with Crippen molar-refractivity contribution >= 4 is 0 Å². The Morgan fingerprint density at radius 3 is 2.47 bits per heavy atom. The van der Waals surface area contributed by atoms with E-state index in [4.69, 9.17) is 9.78 Å². The molecule has 0 unspecified atom stereocenters. The van der Waals surface area contributed by atoms with Gasteiger partial charge in [-0.25, -0.2) is 9.78 Å². The fourth-order valence-corrected chi connectivity index (χ4v) is 1.26. The first kappa shape index (κ1) is 14.7. The highest BCUT2D eigenvalue weighted by Gasteiger charge is 2.18. The molecule has 2 nitrogen and oxygen atoms in total. The SMILES string of the molecule is C=C(C)CCOOC(C)(C)CCCCC. The summed E-state index contributed by atoms with van der Waals surface area (Å²) in [5, 5.41) is 0. The molecule has 0 aromatic rings. The van der Waals surface area contributed by atoms with Crippen LogP contribution in [0.1, 0.15) is 59.8 Å². The van der Waals surface area contributed by atoms with Crippen LogP contribution in [-0.2, 0) is 9.78 Å². The van der Waals surface area contributed by atoms with Gasteiger partial charge < -0.3 is 0 Å². The van der Waals surface area contributed by atoms with E-state index in [1.165, 1.54) is 19.3 Å². The molecule has 90 valence electrons. The highest BCUT2D eigenvalue weighted by Crippen LogP contribution is 2.19. The van der Waals surface area contributed by atoms with Gasteiger partial charge >= 0.3 is 0 Å². The second kappa shape index (κ2) is 7.89. The molecule has 0 aromatic carbocycles. The van der Waals surface area contributed by atoms with Crippen molar-refractivity contribution in [2.45, 2.75) is 65.4 Å². The smallest absolute Gasteiger partial charge is 0.0980 e. The lowest BCUT2D eigenvalue weighted by Gasteiger charge is -2.23. The maximum atomic E-state index is 5.39. The lowest BCUT2D eigenvalue weighted by atomic mass is 10.0. The Bertz CT molecular complexity index is 173. The van der Waals surface area contributed by atoms with Crippen LogP contribution in [0.4, 0.5) is 0 Å². The molecule has 0 aliphatic heterocycles. The van der Waals surface area contributed by atoms with E-state index in [0.717, 1.165) is 18.4 Å². The molecule has 0 bridgehead atoms. The lowest BCUT2D eigenvalue weighted by molar-refractivity contribution is -0.353. The minimum atomic E-state index is -0.162. The van der Waals surface area contributed by atoms with Crippen molar-refractivity contribution in [1.29, 1.82) is 0 Å². The van der Waals surface area contributed by atoms with Gasteiger partial charge in [-0.2, -0.15) is 0 Å². The van der Waals surface area contributed by atoms with Gasteiger partial charge in [0.05, 0.1) is 12.2 Å². The monoisotopic (exact) mass is 214 g/mol. The lowest BCUT2D eigenvalue weighted by Crippen LogP contribution is -2.24. The number of hydrogen-bond donors (Lipinski definition) is 0. The molecule has 0 spiro atoms. The zero-order valence-electron chi connectivity index (χ0n) is 10.8. The van der Waals surface area contributed by atoms with Crippen LogP contribution in [-0.4, -0.2) is 12.2 Å². The second-order valence-electron chi connectivity index (χ2n) is 4.83. The molecule has 0 aliphatic rings. The van der Waals surface area contributed by atoms with Gasteiger partial charge in [-0.3, -0.25) is 0 Å². The van der Waals surface area contributed by atoms with E-state index in [1.807, 2.05) is 6.92 Å². The number of hydrogen-bond acceptors (Lipinski definition) is 2. The summed E-state index contributed by atoms with van der Waals surface area (Å²) >= 11 is 0. The van der Waals surface area contributed by atoms with E-state index < -0.39 is 0 Å². The summed E-state index contributed by atoms with van der Waals surface area (Å²) in [6.45, 7) is 12.8. The minimum absolute atomic E-state index is 0.162. The molecule has 0 saturated heterocycles. The summed E-state index contributed by atoms with van der Waals surface area (Å²) < 4.78 is 0. The largest absolute Gasteiger partial charge is 0.236 e. The van der Waals surface area contributed by atoms with E-state index >= 15 is 0 Å². The van der Waals surface area contributed by atoms with Gasteiger partial charge in [0.15, 0.2) is 0 Å². The third-order valence-electron chi connectivity index (χ3n) is 2.28. The zero-order chi connectivity index (χ0) is 11.7. The third kappa shape index (κ3) is 9.95. The quantitative estimate of drug-likeness (QED) is 0.247. The van der Waals surface area contributed by atoms with Gasteiger partial charge in [-0.1, -0.05) is 31.8 Å². The molecule has 0 aromatic heterocycles. The average molecular weight is 214 g/mol. The van der Waals surface area contributed by atoms with Crippen LogP contribution in [0.5, 0.6) is 0 Å². The van der Waals surface area contributed by atoms with Crippen LogP contribution < -0.4 is 0 Å². The Morgan fingerprint density at radius 2 is 1.93 bits per heavy atom. The zero-order valence-corrected chi connectivity index (χ0v) is 10.8.